The smallest absolute Gasteiger partial charge is 0.251 e. The molecule has 0 aromatic heterocycles. The molecule has 2 N–H and O–H groups in total. The average molecular weight is 426 g/mol. The first-order valence-corrected chi connectivity index (χ1v) is 11.8. The summed E-state index contributed by atoms with van der Waals surface area (Å²) in [5.41, 5.74) is 1.27. The minimum Gasteiger partial charge on any atom is -0.352 e. The highest BCUT2D eigenvalue weighted by Gasteiger charge is 2.22. The second-order valence-corrected chi connectivity index (χ2v) is 10.9. The van der Waals surface area contributed by atoms with E-state index in [1.807, 2.05) is 27.7 Å². The van der Waals surface area contributed by atoms with Crippen molar-refractivity contribution in [1.82, 2.24) is 14.9 Å². The summed E-state index contributed by atoms with van der Waals surface area (Å²) in [6, 6.07) is 4.60. The van der Waals surface area contributed by atoms with Crippen molar-refractivity contribution in [1.29, 1.82) is 0 Å². The second kappa shape index (κ2) is 11.2. The number of nitrogens with zero attached hydrogens (tertiary/aromatic N) is 1. The van der Waals surface area contributed by atoms with Crippen molar-refractivity contribution in [2.45, 2.75) is 58.1 Å². The highest BCUT2D eigenvalue weighted by atomic mass is 32.2. The zero-order chi connectivity index (χ0) is 21.4. The number of aryl methyl sites for hydroxylation is 1. The molecule has 164 valence electrons. The molecule has 1 saturated heterocycles. The minimum absolute atomic E-state index is 0.196. The molecule has 0 aliphatic carbocycles. The molecule has 5 nitrogen and oxygen atoms in total. The van der Waals surface area contributed by atoms with Gasteiger partial charge in [-0.05, 0) is 82.8 Å². The SMILES string of the molecule is CCCc1cc(F)cc(C(=O)NCC2CCN(CCNS(=O)C(C)(C)C)CC2)c1. The molecule has 2 rings (SSSR count). The lowest BCUT2D eigenvalue weighted by Gasteiger charge is -2.32. The Balaban J connectivity index is 1.70. The van der Waals surface area contributed by atoms with E-state index in [9.17, 15) is 13.4 Å². The number of benzene rings is 1. The third-order valence-corrected chi connectivity index (χ3v) is 6.81. The number of likely N-dealkylation sites (tertiary alicyclic amines) is 1. The van der Waals surface area contributed by atoms with Crippen LogP contribution in [0.3, 0.4) is 0 Å². The van der Waals surface area contributed by atoms with Crippen molar-refractivity contribution >= 4 is 16.9 Å². The largest absolute Gasteiger partial charge is 0.352 e. The summed E-state index contributed by atoms with van der Waals surface area (Å²) in [6.07, 6.45) is 3.74. The van der Waals surface area contributed by atoms with Crippen LogP contribution in [0.4, 0.5) is 4.39 Å². The molecule has 0 spiro atoms. The number of carbonyl (C=O) groups is 1. The number of amides is 1. The van der Waals surface area contributed by atoms with Crippen molar-refractivity contribution in [2.24, 2.45) is 5.92 Å². The summed E-state index contributed by atoms with van der Waals surface area (Å²) in [5, 5.41) is 2.98. The molecule has 1 fully saturated rings. The molecule has 1 aromatic carbocycles. The van der Waals surface area contributed by atoms with Crippen molar-refractivity contribution in [2.75, 3.05) is 32.7 Å². The first kappa shape index (κ1) is 24.0. The van der Waals surface area contributed by atoms with Crippen molar-refractivity contribution in [3.8, 4) is 0 Å². The topological polar surface area (TPSA) is 61.4 Å². The van der Waals surface area contributed by atoms with Crippen molar-refractivity contribution in [3.05, 3.63) is 35.1 Å². The molecular formula is C22H36FN3O2S. The van der Waals surface area contributed by atoms with Crippen LogP contribution >= 0.6 is 0 Å². The van der Waals surface area contributed by atoms with Gasteiger partial charge in [0.15, 0.2) is 0 Å². The van der Waals surface area contributed by atoms with Crippen molar-refractivity contribution < 1.29 is 13.4 Å². The summed E-state index contributed by atoms with van der Waals surface area (Å²) in [4.78, 5) is 14.8. The lowest BCUT2D eigenvalue weighted by molar-refractivity contribution is 0.0936. The quantitative estimate of drug-likeness (QED) is 0.638. The molecule has 1 amide bonds. The van der Waals surface area contributed by atoms with Crippen molar-refractivity contribution in [3.63, 3.8) is 0 Å². The number of hydrogen-bond donors (Lipinski definition) is 2. The Morgan fingerprint density at radius 3 is 2.55 bits per heavy atom. The van der Waals surface area contributed by atoms with Crippen LogP contribution in [0.5, 0.6) is 0 Å². The zero-order valence-electron chi connectivity index (χ0n) is 18.2. The van der Waals surface area contributed by atoms with Gasteiger partial charge >= 0.3 is 0 Å². The lowest BCUT2D eigenvalue weighted by atomic mass is 9.96. The maximum atomic E-state index is 13.8. The second-order valence-electron chi connectivity index (χ2n) is 8.87. The Bertz CT molecular complexity index is 698. The highest BCUT2D eigenvalue weighted by molar-refractivity contribution is 7.84. The molecule has 0 radical (unpaired) electrons. The fourth-order valence-electron chi connectivity index (χ4n) is 3.48. The molecule has 1 aromatic rings. The highest BCUT2D eigenvalue weighted by Crippen LogP contribution is 2.17. The predicted octanol–water partition coefficient (Wildman–Crippen LogP) is 3.27. The molecule has 1 atom stereocenters. The predicted molar refractivity (Wildman–Crippen MR) is 118 cm³/mol. The molecule has 1 aliphatic rings. The van der Waals surface area contributed by atoms with Crippen LogP contribution in [0.1, 0.15) is 62.9 Å². The van der Waals surface area contributed by atoms with E-state index in [0.717, 1.165) is 50.9 Å². The van der Waals surface area contributed by atoms with E-state index in [4.69, 9.17) is 0 Å². The van der Waals surface area contributed by atoms with E-state index in [-0.39, 0.29) is 16.5 Å². The molecule has 29 heavy (non-hydrogen) atoms. The lowest BCUT2D eigenvalue weighted by Crippen LogP contribution is -2.43. The number of rotatable bonds is 9. The maximum absolute atomic E-state index is 13.8. The molecular weight excluding hydrogens is 389 g/mol. The van der Waals surface area contributed by atoms with Gasteiger partial charge in [-0.3, -0.25) is 4.79 Å². The van der Waals surface area contributed by atoms with Crippen LogP contribution in [0.25, 0.3) is 0 Å². The molecule has 7 heteroatoms. The van der Waals surface area contributed by atoms with Crippen LogP contribution in [0.15, 0.2) is 18.2 Å². The van der Waals surface area contributed by atoms with E-state index < -0.39 is 11.0 Å². The Kier molecular flexibility index (Phi) is 9.24. The summed E-state index contributed by atoms with van der Waals surface area (Å²) >= 11 is 0. The van der Waals surface area contributed by atoms with Gasteiger partial charge in [-0.1, -0.05) is 13.3 Å². The van der Waals surface area contributed by atoms with Gasteiger partial charge in [0, 0.05) is 25.2 Å². The summed E-state index contributed by atoms with van der Waals surface area (Å²) < 4.78 is 28.6. The Hall–Kier alpha value is -1.31. The van der Waals surface area contributed by atoms with Gasteiger partial charge in [0.25, 0.3) is 5.91 Å². The van der Waals surface area contributed by atoms with Gasteiger partial charge in [-0.15, -0.1) is 0 Å². The summed E-state index contributed by atoms with van der Waals surface area (Å²) in [7, 11) is -1.03. The molecule has 0 bridgehead atoms. The fourth-order valence-corrected chi connectivity index (χ4v) is 4.19. The van der Waals surface area contributed by atoms with Crippen LogP contribution < -0.4 is 10.0 Å². The first-order chi connectivity index (χ1) is 13.7. The van der Waals surface area contributed by atoms with E-state index in [0.29, 0.717) is 24.6 Å². The third kappa shape index (κ3) is 8.15. The monoisotopic (exact) mass is 425 g/mol. The maximum Gasteiger partial charge on any atom is 0.251 e. The Morgan fingerprint density at radius 1 is 1.24 bits per heavy atom. The number of carbonyl (C=O) groups excluding carboxylic acids is 1. The van der Waals surface area contributed by atoms with Crippen LogP contribution in [-0.4, -0.2) is 52.5 Å². The summed E-state index contributed by atoms with van der Waals surface area (Å²) in [5.74, 6) is -0.107. The van der Waals surface area contributed by atoms with E-state index in [1.165, 1.54) is 12.1 Å². The van der Waals surface area contributed by atoms with E-state index in [1.54, 1.807) is 6.07 Å². The van der Waals surface area contributed by atoms with Gasteiger partial charge in [0.2, 0.25) is 0 Å². The Labute approximate surface area is 177 Å². The number of piperidine rings is 1. The fraction of sp³-hybridized carbons (Fsp3) is 0.682. The van der Waals surface area contributed by atoms with Crippen LogP contribution in [0.2, 0.25) is 0 Å². The third-order valence-electron chi connectivity index (χ3n) is 5.23. The van der Waals surface area contributed by atoms with Gasteiger partial charge in [-0.25, -0.2) is 13.3 Å². The molecule has 1 unspecified atom stereocenters. The zero-order valence-corrected chi connectivity index (χ0v) is 19.0. The van der Waals surface area contributed by atoms with E-state index in [2.05, 4.69) is 14.9 Å². The molecule has 1 aliphatic heterocycles. The Morgan fingerprint density at radius 2 is 1.93 bits per heavy atom. The van der Waals surface area contributed by atoms with Gasteiger partial charge in [0.05, 0.1) is 15.7 Å². The average Bonchev–Trinajstić information content (AvgIpc) is 2.66. The normalized spacial score (nSPS) is 17.3. The summed E-state index contributed by atoms with van der Waals surface area (Å²) in [6.45, 7) is 12.1. The minimum atomic E-state index is -1.03. The van der Waals surface area contributed by atoms with Gasteiger partial charge in [0.1, 0.15) is 5.82 Å². The molecule has 1 heterocycles. The van der Waals surface area contributed by atoms with Crippen LogP contribution in [0, 0.1) is 11.7 Å². The van der Waals surface area contributed by atoms with Gasteiger partial charge < -0.3 is 10.2 Å². The standard InChI is InChI=1S/C22H36FN3O2S/c1-5-6-18-13-19(15-20(23)14-18)21(27)24-16-17-7-10-26(11-8-17)12-9-25-29(28)22(2,3)4/h13-15,17,25H,5-12,16H2,1-4H3,(H,24,27). The number of nitrogens with one attached hydrogen (secondary N) is 2. The van der Waals surface area contributed by atoms with Crippen LogP contribution in [-0.2, 0) is 17.4 Å². The molecule has 0 saturated carbocycles. The number of hydrogen-bond acceptors (Lipinski definition) is 3. The first-order valence-electron chi connectivity index (χ1n) is 10.6. The van der Waals surface area contributed by atoms with E-state index >= 15 is 0 Å². The number of halogens is 1. The van der Waals surface area contributed by atoms with Gasteiger partial charge in [-0.2, -0.15) is 0 Å².